The monoisotopic (exact) mass is 329 g/mol. The van der Waals surface area contributed by atoms with Crippen molar-refractivity contribution in [1.82, 2.24) is 0 Å². The first-order valence-electron chi connectivity index (χ1n) is 7.29. The summed E-state index contributed by atoms with van der Waals surface area (Å²) in [6.07, 6.45) is 2.56. The van der Waals surface area contributed by atoms with E-state index in [0.717, 1.165) is 6.54 Å². The van der Waals surface area contributed by atoms with Gasteiger partial charge in [-0.15, -0.1) is 0 Å². The van der Waals surface area contributed by atoms with Gasteiger partial charge in [0.1, 0.15) is 0 Å². The number of rotatable bonds is 2. The van der Waals surface area contributed by atoms with Crippen LogP contribution in [-0.2, 0) is 0 Å². The summed E-state index contributed by atoms with van der Waals surface area (Å²) in [5.41, 5.74) is 4.16. The van der Waals surface area contributed by atoms with Crippen LogP contribution in [0.1, 0.15) is 29.9 Å². The summed E-state index contributed by atoms with van der Waals surface area (Å²) < 4.78 is 1.18. The molecule has 104 valence electrons. The Labute approximate surface area is 129 Å². The zero-order valence-electron chi connectivity index (χ0n) is 11.8. The van der Waals surface area contributed by atoms with Gasteiger partial charge in [-0.1, -0.05) is 40.2 Å². The summed E-state index contributed by atoms with van der Waals surface area (Å²) in [4.78, 5) is 2.53. The molecule has 20 heavy (non-hydrogen) atoms. The molecular formula is C18H20BrN. The van der Waals surface area contributed by atoms with Crippen molar-refractivity contribution in [2.75, 3.05) is 18.0 Å². The van der Waals surface area contributed by atoms with Crippen molar-refractivity contribution in [2.45, 2.75) is 25.7 Å². The van der Waals surface area contributed by atoms with Gasteiger partial charge in [0.05, 0.1) is 0 Å². The molecule has 0 aromatic heterocycles. The van der Waals surface area contributed by atoms with Crippen LogP contribution >= 0.6 is 15.9 Å². The third-order valence-corrected chi connectivity index (χ3v) is 4.60. The van der Waals surface area contributed by atoms with E-state index in [-0.39, 0.29) is 0 Å². The van der Waals surface area contributed by atoms with Crippen LogP contribution in [0.25, 0.3) is 0 Å². The van der Waals surface area contributed by atoms with Crippen LogP contribution in [0.3, 0.4) is 0 Å². The quantitative estimate of drug-likeness (QED) is 0.737. The van der Waals surface area contributed by atoms with Gasteiger partial charge >= 0.3 is 0 Å². The van der Waals surface area contributed by atoms with Gasteiger partial charge in [-0.2, -0.15) is 0 Å². The largest absolute Gasteiger partial charge is 0.371 e. The summed E-state index contributed by atoms with van der Waals surface area (Å²) >= 11 is 3.58. The van der Waals surface area contributed by atoms with E-state index in [4.69, 9.17) is 0 Å². The van der Waals surface area contributed by atoms with Crippen molar-refractivity contribution < 1.29 is 0 Å². The van der Waals surface area contributed by atoms with E-state index in [1.807, 2.05) is 0 Å². The van der Waals surface area contributed by atoms with Gasteiger partial charge in [0.25, 0.3) is 0 Å². The molecule has 1 fully saturated rings. The molecule has 0 amide bonds. The Bertz CT molecular complexity index is 542. The van der Waals surface area contributed by atoms with Gasteiger partial charge in [-0.3, -0.25) is 0 Å². The van der Waals surface area contributed by atoms with E-state index in [2.05, 4.69) is 76.3 Å². The highest BCUT2D eigenvalue weighted by Gasteiger charge is 2.21. The highest BCUT2D eigenvalue weighted by atomic mass is 79.9. The Hall–Kier alpha value is -1.28. The lowest BCUT2D eigenvalue weighted by Gasteiger charge is -2.35. The van der Waals surface area contributed by atoms with Crippen LogP contribution in [0.15, 0.2) is 53.0 Å². The first-order valence-corrected chi connectivity index (χ1v) is 8.09. The van der Waals surface area contributed by atoms with Crippen LogP contribution in [0, 0.1) is 6.92 Å². The van der Waals surface area contributed by atoms with Crippen LogP contribution in [0.5, 0.6) is 0 Å². The summed E-state index contributed by atoms with van der Waals surface area (Å²) in [6.45, 7) is 4.47. The third-order valence-electron chi connectivity index (χ3n) is 4.11. The van der Waals surface area contributed by atoms with E-state index in [1.54, 1.807) is 0 Å². The van der Waals surface area contributed by atoms with Crippen LogP contribution < -0.4 is 4.90 Å². The van der Waals surface area contributed by atoms with Crippen molar-refractivity contribution in [3.8, 4) is 0 Å². The number of aryl methyl sites for hydroxylation is 1. The van der Waals surface area contributed by atoms with Crippen LogP contribution in [0.4, 0.5) is 5.69 Å². The highest BCUT2D eigenvalue weighted by Crippen LogP contribution is 2.31. The Morgan fingerprint density at radius 3 is 2.75 bits per heavy atom. The maximum Gasteiger partial charge on any atom is 0.0369 e. The minimum atomic E-state index is 0.641. The second kappa shape index (κ2) is 6.01. The van der Waals surface area contributed by atoms with Crippen molar-refractivity contribution in [1.29, 1.82) is 0 Å². The first kappa shape index (κ1) is 13.7. The fourth-order valence-electron chi connectivity index (χ4n) is 3.07. The number of hydrogen-bond acceptors (Lipinski definition) is 1. The lowest BCUT2D eigenvalue weighted by molar-refractivity contribution is 0.510. The normalized spacial score (nSPS) is 19.1. The van der Waals surface area contributed by atoms with Gasteiger partial charge in [0.2, 0.25) is 0 Å². The molecule has 1 atom stereocenters. The molecule has 0 bridgehead atoms. The van der Waals surface area contributed by atoms with Crippen molar-refractivity contribution >= 4 is 21.6 Å². The number of piperidine rings is 1. The topological polar surface area (TPSA) is 3.24 Å². The fraction of sp³-hybridized carbons (Fsp3) is 0.333. The van der Waals surface area contributed by atoms with E-state index >= 15 is 0 Å². The SMILES string of the molecule is Cc1cccc(N2CCCC(c3cccc(Br)c3)C2)c1. The maximum absolute atomic E-state index is 3.58. The second-order valence-corrected chi connectivity index (χ2v) is 6.59. The molecule has 1 heterocycles. The minimum absolute atomic E-state index is 0.641. The highest BCUT2D eigenvalue weighted by molar-refractivity contribution is 9.10. The molecule has 1 saturated heterocycles. The van der Waals surface area contributed by atoms with Crippen molar-refractivity contribution in [2.24, 2.45) is 0 Å². The summed E-state index contributed by atoms with van der Waals surface area (Å²) in [7, 11) is 0. The molecule has 0 radical (unpaired) electrons. The van der Waals surface area contributed by atoms with Crippen molar-refractivity contribution in [3.63, 3.8) is 0 Å². The van der Waals surface area contributed by atoms with Gasteiger partial charge in [-0.25, -0.2) is 0 Å². The number of nitrogens with zero attached hydrogens (tertiary/aromatic N) is 1. The molecule has 1 nitrogen and oxygen atoms in total. The van der Waals surface area contributed by atoms with Gasteiger partial charge in [-0.05, 0) is 55.2 Å². The molecule has 0 spiro atoms. The number of anilines is 1. The average Bonchev–Trinajstić information content (AvgIpc) is 2.47. The molecule has 2 heteroatoms. The lowest BCUT2D eigenvalue weighted by atomic mass is 9.90. The van der Waals surface area contributed by atoms with E-state index in [1.165, 1.54) is 40.7 Å². The van der Waals surface area contributed by atoms with E-state index in [9.17, 15) is 0 Å². The smallest absolute Gasteiger partial charge is 0.0369 e. The average molecular weight is 330 g/mol. The molecule has 0 aliphatic carbocycles. The zero-order valence-corrected chi connectivity index (χ0v) is 13.4. The lowest BCUT2D eigenvalue weighted by Crippen LogP contribution is -2.34. The van der Waals surface area contributed by atoms with Gasteiger partial charge < -0.3 is 4.90 Å². The Morgan fingerprint density at radius 1 is 1.10 bits per heavy atom. The summed E-state index contributed by atoms with van der Waals surface area (Å²) in [5, 5.41) is 0. The molecule has 0 N–H and O–H groups in total. The first-order chi connectivity index (χ1) is 9.72. The molecule has 1 aliphatic heterocycles. The van der Waals surface area contributed by atoms with Crippen molar-refractivity contribution in [3.05, 3.63) is 64.1 Å². The van der Waals surface area contributed by atoms with Gasteiger partial charge in [0, 0.05) is 29.2 Å². The molecule has 2 aromatic carbocycles. The Kier molecular flexibility index (Phi) is 4.11. The fourth-order valence-corrected chi connectivity index (χ4v) is 3.49. The minimum Gasteiger partial charge on any atom is -0.371 e. The number of hydrogen-bond donors (Lipinski definition) is 0. The van der Waals surface area contributed by atoms with Crippen LogP contribution in [0.2, 0.25) is 0 Å². The predicted octanol–water partition coefficient (Wildman–Crippen LogP) is 5.14. The number of benzene rings is 2. The summed E-state index contributed by atoms with van der Waals surface area (Å²) in [5.74, 6) is 0.641. The second-order valence-electron chi connectivity index (χ2n) is 5.68. The zero-order chi connectivity index (χ0) is 13.9. The van der Waals surface area contributed by atoms with E-state index < -0.39 is 0 Å². The molecule has 3 rings (SSSR count). The molecule has 0 saturated carbocycles. The predicted molar refractivity (Wildman–Crippen MR) is 89.5 cm³/mol. The Morgan fingerprint density at radius 2 is 1.95 bits per heavy atom. The number of halogens is 1. The van der Waals surface area contributed by atoms with Crippen LogP contribution in [-0.4, -0.2) is 13.1 Å². The van der Waals surface area contributed by atoms with Gasteiger partial charge in [0.15, 0.2) is 0 Å². The molecule has 1 unspecified atom stereocenters. The standard InChI is InChI=1S/C18H20BrN/c1-14-5-2-9-18(11-14)20-10-4-7-16(13-20)15-6-3-8-17(19)12-15/h2-3,5-6,8-9,11-12,16H,4,7,10,13H2,1H3. The van der Waals surface area contributed by atoms with E-state index in [0.29, 0.717) is 5.92 Å². The summed E-state index contributed by atoms with van der Waals surface area (Å²) in [6, 6.07) is 17.6. The maximum atomic E-state index is 3.58. The Balaban J connectivity index is 1.80. The third kappa shape index (κ3) is 3.06. The molecular weight excluding hydrogens is 310 g/mol. The molecule has 1 aliphatic rings. The molecule has 2 aromatic rings.